The number of aliphatic hydroxyl groups excluding tert-OH is 1. The minimum Gasteiger partial charge on any atom is -0.388 e. The van der Waals surface area contributed by atoms with Gasteiger partial charge in [0.1, 0.15) is 0 Å². The van der Waals surface area contributed by atoms with Crippen molar-refractivity contribution in [2.24, 2.45) is 11.8 Å². The summed E-state index contributed by atoms with van der Waals surface area (Å²) in [7, 11) is 0. The van der Waals surface area contributed by atoms with Gasteiger partial charge in [-0.15, -0.1) is 11.3 Å². The Balaban J connectivity index is 1.96. The Hall–Kier alpha value is -1.07. The van der Waals surface area contributed by atoms with Crippen molar-refractivity contribution in [2.75, 3.05) is 0 Å². The number of aliphatic hydroxyl groups is 1. The number of hydrogen-bond donors (Lipinski definition) is 1. The molecule has 0 amide bonds. The van der Waals surface area contributed by atoms with E-state index < -0.39 is 24.1 Å². The lowest BCUT2D eigenvalue weighted by Crippen LogP contribution is -2.36. The van der Waals surface area contributed by atoms with Crippen molar-refractivity contribution in [2.45, 2.75) is 38.0 Å². The molecule has 21 heavy (non-hydrogen) atoms. The summed E-state index contributed by atoms with van der Waals surface area (Å²) in [6.07, 6.45) is -3.35. The molecule has 0 saturated heterocycles. The van der Waals surface area contributed by atoms with Crippen LogP contribution in [0.4, 0.5) is 13.2 Å². The van der Waals surface area contributed by atoms with Crippen molar-refractivity contribution in [3.8, 4) is 0 Å². The van der Waals surface area contributed by atoms with Gasteiger partial charge in [-0.25, -0.2) is 0 Å². The molecule has 0 bridgehead atoms. The molecule has 1 aliphatic rings. The third-order valence-corrected chi connectivity index (χ3v) is 5.45. The van der Waals surface area contributed by atoms with E-state index in [2.05, 4.69) is 0 Å². The summed E-state index contributed by atoms with van der Waals surface area (Å²) in [4.78, 5) is 0. The Morgan fingerprint density at radius 2 is 1.90 bits per heavy atom. The van der Waals surface area contributed by atoms with Crippen LogP contribution < -0.4 is 0 Å². The highest BCUT2D eigenvalue weighted by Crippen LogP contribution is 2.47. The SMILES string of the molecule is OC(c1cccc2ccsc12)C1CCCCC1C(F)(F)F. The smallest absolute Gasteiger partial charge is 0.388 e. The third kappa shape index (κ3) is 2.81. The third-order valence-electron chi connectivity index (χ3n) is 4.47. The molecule has 3 unspecified atom stereocenters. The van der Waals surface area contributed by atoms with E-state index in [0.717, 1.165) is 16.5 Å². The van der Waals surface area contributed by atoms with Crippen LogP contribution in [0.5, 0.6) is 0 Å². The van der Waals surface area contributed by atoms with Gasteiger partial charge in [0.15, 0.2) is 0 Å². The Labute approximate surface area is 125 Å². The first-order chi connectivity index (χ1) is 9.98. The molecule has 1 N–H and O–H groups in total. The van der Waals surface area contributed by atoms with E-state index in [4.69, 9.17) is 0 Å². The minimum atomic E-state index is -4.23. The lowest BCUT2D eigenvalue weighted by atomic mass is 9.74. The molecule has 0 spiro atoms. The van der Waals surface area contributed by atoms with Crippen molar-refractivity contribution < 1.29 is 18.3 Å². The molecule has 1 aromatic heterocycles. The van der Waals surface area contributed by atoms with Gasteiger partial charge in [0, 0.05) is 10.6 Å². The summed E-state index contributed by atoms with van der Waals surface area (Å²) in [6.45, 7) is 0. The van der Waals surface area contributed by atoms with Gasteiger partial charge < -0.3 is 5.11 Å². The topological polar surface area (TPSA) is 20.2 Å². The maximum atomic E-state index is 13.2. The van der Waals surface area contributed by atoms with Crippen LogP contribution in [0.15, 0.2) is 29.6 Å². The molecule has 0 radical (unpaired) electrons. The van der Waals surface area contributed by atoms with Gasteiger partial charge in [-0.3, -0.25) is 0 Å². The van der Waals surface area contributed by atoms with Crippen LogP contribution in [0.2, 0.25) is 0 Å². The molecular formula is C16H17F3OS. The molecule has 3 atom stereocenters. The fourth-order valence-electron chi connectivity index (χ4n) is 3.42. The van der Waals surface area contributed by atoms with E-state index in [1.807, 2.05) is 17.5 Å². The van der Waals surface area contributed by atoms with Crippen molar-refractivity contribution in [3.05, 3.63) is 35.2 Å². The zero-order valence-electron chi connectivity index (χ0n) is 11.4. The maximum Gasteiger partial charge on any atom is 0.392 e. The van der Waals surface area contributed by atoms with Gasteiger partial charge in [0.25, 0.3) is 0 Å². The first kappa shape index (κ1) is 14.9. The Kier molecular flexibility index (Phi) is 3.97. The molecule has 1 aliphatic carbocycles. The van der Waals surface area contributed by atoms with Gasteiger partial charge >= 0.3 is 6.18 Å². The lowest BCUT2D eigenvalue weighted by Gasteiger charge is -2.36. The van der Waals surface area contributed by atoms with Crippen molar-refractivity contribution in [3.63, 3.8) is 0 Å². The van der Waals surface area contributed by atoms with E-state index in [1.165, 1.54) is 11.3 Å². The van der Waals surface area contributed by atoms with Crippen LogP contribution in [0.25, 0.3) is 10.1 Å². The summed E-state index contributed by atoms with van der Waals surface area (Å²) in [6, 6.07) is 7.41. The van der Waals surface area contributed by atoms with E-state index in [1.54, 1.807) is 12.1 Å². The first-order valence-electron chi connectivity index (χ1n) is 7.19. The summed E-state index contributed by atoms with van der Waals surface area (Å²) >= 11 is 1.47. The van der Waals surface area contributed by atoms with Gasteiger partial charge in [-0.2, -0.15) is 13.2 Å². The van der Waals surface area contributed by atoms with E-state index in [-0.39, 0.29) is 6.42 Å². The summed E-state index contributed by atoms with van der Waals surface area (Å²) in [5.74, 6) is -2.12. The van der Waals surface area contributed by atoms with Crippen LogP contribution in [-0.4, -0.2) is 11.3 Å². The molecule has 1 aromatic carbocycles. The van der Waals surface area contributed by atoms with E-state index >= 15 is 0 Å². The molecule has 3 rings (SSSR count). The molecule has 5 heteroatoms. The molecule has 2 aromatic rings. The van der Waals surface area contributed by atoms with E-state index in [0.29, 0.717) is 18.4 Å². The number of hydrogen-bond acceptors (Lipinski definition) is 2. The second-order valence-corrected chi connectivity index (χ2v) is 6.64. The van der Waals surface area contributed by atoms with Crippen molar-refractivity contribution in [1.82, 2.24) is 0 Å². The summed E-state index contributed by atoms with van der Waals surface area (Å²) < 4.78 is 40.5. The highest BCUT2D eigenvalue weighted by Gasteiger charge is 2.48. The summed E-state index contributed by atoms with van der Waals surface area (Å²) in [5.41, 5.74) is 0.642. The Bertz CT molecular complexity index is 619. The largest absolute Gasteiger partial charge is 0.392 e. The number of benzene rings is 1. The molecular weight excluding hydrogens is 297 g/mol. The monoisotopic (exact) mass is 314 g/mol. The van der Waals surface area contributed by atoms with Crippen LogP contribution >= 0.6 is 11.3 Å². The fraction of sp³-hybridized carbons (Fsp3) is 0.500. The molecule has 1 saturated carbocycles. The number of halogens is 3. The first-order valence-corrected chi connectivity index (χ1v) is 8.07. The lowest BCUT2D eigenvalue weighted by molar-refractivity contribution is -0.207. The minimum absolute atomic E-state index is 0.131. The quantitative estimate of drug-likeness (QED) is 0.797. The zero-order valence-corrected chi connectivity index (χ0v) is 12.3. The van der Waals surface area contributed by atoms with Crippen LogP contribution in [-0.2, 0) is 0 Å². The number of thiophene rings is 1. The Morgan fingerprint density at radius 1 is 1.14 bits per heavy atom. The maximum absolute atomic E-state index is 13.2. The average molecular weight is 314 g/mol. The molecule has 1 nitrogen and oxygen atoms in total. The standard InChI is InChI=1S/C16H17F3OS/c17-16(18,19)13-7-2-1-5-11(13)14(20)12-6-3-4-10-8-9-21-15(10)12/h3-4,6,8-9,11,13-14,20H,1-2,5,7H2. The normalized spacial score (nSPS) is 25.1. The fourth-order valence-corrected chi connectivity index (χ4v) is 4.37. The van der Waals surface area contributed by atoms with Crippen LogP contribution in [0.1, 0.15) is 37.4 Å². The van der Waals surface area contributed by atoms with Crippen LogP contribution in [0, 0.1) is 11.8 Å². The molecule has 0 aliphatic heterocycles. The van der Waals surface area contributed by atoms with Crippen molar-refractivity contribution >= 4 is 21.4 Å². The second kappa shape index (κ2) is 5.61. The highest BCUT2D eigenvalue weighted by atomic mass is 32.1. The zero-order chi connectivity index (χ0) is 15.0. The second-order valence-electron chi connectivity index (χ2n) is 5.73. The van der Waals surface area contributed by atoms with E-state index in [9.17, 15) is 18.3 Å². The molecule has 1 heterocycles. The van der Waals surface area contributed by atoms with Gasteiger partial charge in [0.05, 0.1) is 12.0 Å². The number of alkyl halides is 3. The van der Waals surface area contributed by atoms with Gasteiger partial charge in [-0.1, -0.05) is 31.0 Å². The number of fused-ring (bicyclic) bond motifs is 1. The van der Waals surface area contributed by atoms with Crippen molar-refractivity contribution in [1.29, 1.82) is 0 Å². The number of rotatable bonds is 2. The average Bonchev–Trinajstić information content (AvgIpc) is 2.94. The van der Waals surface area contributed by atoms with Gasteiger partial charge in [-0.05, 0) is 35.2 Å². The Morgan fingerprint density at radius 3 is 2.67 bits per heavy atom. The van der Waals surface area contributed by atoms with Gasteiger partial charge in [0.2, 0.25) is 0 Å². The highest BCUT2D eigenvalue weighted by molar-refractivity contribution is 7.17. The predicted octanol–water partition coefficient (Wildman–Crippen LogP) is 5.30. The molecule has 114 valence electrons. The molecule has 1 fully saturated rings. The van der Waals surface area contributed by atoms with Crippen LogP contribution in [0.3, 0.4) is 0 Å². The predicted molar refractivity (Wildman–Crippen MR) is 78.3 cm³/mol. The summed E-state index contributed by atoms with van der Waals surface area (Å²) in [5, 5.41) is 13.5.